The van der Waals surface area contributed by atoms with Gasteiger partial charge in [-0.25, -0.2) is 0 Å². The number of hydrogen-bond donors (Lipinski definition) is 9. The van der Waals surface area contributed by atoms with Crippen LogP contribution < -0.4 is 5.32 Å². The lowest BCUT2D eigenvalue weighted by Gasteiger charge is -2.46. The van der Waals surface area contributed by atoms with Crippen LogP contribution in [-0.4, -0.2) is 140 Å². The first-order chi connectivity index (χ1) is 42.1. The second-order valence-corrected chi connectivity index (χ2v) is 24.6. The molecule has 2 saturated heterocycles. The molecule has 0 aliphatic carbocycles. The number of ether oxygens (including phenoxy) is 4. The Morgan fingerprint density at radius 1 is 0.419 bits per heavy atom. The fourth-order valence-electron chi connectivity index (χ4n) is 11.2. The molecular formula is C72H129NO13. The molecule has 0 radical (unpaired) electrons. The van der Waals surface area contributed by atoms with E-state index in [2.05, 4.69) is 79.9 Å². The van der Waals surface area contributed by atoms with Gasteiger partial charge in [-0.05, 0) is 83.5 Å². The van der Waals surface area contributed by atoms with Gasteiger partial charge in [-0.15, -0.1) is 0 Å². The summed E-state index contributed by atoms with van der Waals surface area (Å²) in [6.07, 6.45) is 59.7. The van der Waals surface area contributed by atoms with E-state index < -0.39 is 86.8 Å². The summed E-state index contributed by atoms with van der Waals surface area (Å²) in [6, 6.07) is -0.940. The van der Waals surface area contributed by atoms with Gasteiger partial charge < -0.3 is 65.1 Å². The molecule has 2 fully saturated rings. The molecule has 0 aromatic heterocycles. The molecule has 0 spiro atoms. The van der Waals surface area contributed by atoms with E-state index in [1.807, 2.05) is 6.08 Å². The smallest absolute Gasteiger partial charge is 0.220 e. The molecule has 12 atom stereocenters. The van der Waals surface area contributed by atoms with Crippen LogP contribution >= 0.6 is 0 Å². The molecule has 2 heterocycles. The highest BCUT2D eigenvalue weighted by Gasteiger charge is 2.51. The Labute approximate surface area is 523 Å². The number of aliphatic hydroxyl groups is 8. The van der Waals surface area contributed by atoms with Crippen molar-refractivity contribution in [3.8, 4) is 0 Å². The summed E-state index contributed by atoms with van der Waals surface area (Å²) in [7, 11) is 0. The van der Waals surface area contributed by atoms with Gasteiger partial charge in [-0.3, -0.25) is 4.79 Å². The van der Waals surface area contributed by atoms with Crippen molar-refractivity contribution in [2.75, 3.05) is 19.8 Å². The van der Waals surface area contributed by atoms with E-state index in [1.54, 1.807) is 6.08 Å². The van der Waals surface area contributed by atoms with E-state index in [0.29, 0.717) is 12.8 Å². The molecule has 500 valence electrons. The Hall–Kier alpha value is -2.57. The summed E-state index contributed by atoms with van der Waals surface area (Å²) >= 11 is 0. The molecule has 2 aliphatic heterocycles. The summed E-state index contributed by atoms with van der Waals surface area (Å²) in [6.45, 7) is 2.77. The second kappa shape index (κ2) is 56.4. The highest BCUT2D eigenvalue weighted by molar-refractivity contribution is 5.76. The van der Waals surface area contributed by atoms with Gasteiger partial charge in [0.15, 0.2) is 12.6 Å². The van der Waals surface area contributed by atoms with Crippen LogP contribution in [0, 0.1) is 0 Å². The SMILES string of the molecule is CCCCCCC/C=C\C/C=C\C/C=C\CCCCCCCCCCCCCCCCCCCCCCC(=O)NC(COC1OC(CO)C(OC2OC(CO)C(O)C(O)C2O)C(O)C1O)C(O)/C=C/CC/C=C/CC/C=C/CCCCCCCCC. The van der Waals surface area contributed by atoms with Crippen molar-refractivity contribution < 1.29 is 64.6 Å². The van der Waals surface area contributed by atoms with E-state index in [-0.39, 0.29) is 18.9 Å². The first-order valence-electron chi connectivity index (χ1n) is 35.2. The summed E-state index contributed by atoms with van der Waals surface area (Å²) < 4.78 is 22.8. The van der Waals surface area contributed by atoms with Crippen LogP contribution in [0.5, 0.6) is 0 Å². The molecule has 14 heteroatoms. The highest BCUT2D eigenvalue weighted by Crippen LogP contribution is 2.30. The van der Waals surface area contributed by atoms with Crippen LogP contribution in [0.4, 0.5) is 0 Å². The van der Waals surface area contributed by atoms with Crippen LogP contribution in [0.15, 0.2) is 72.9 Å². The number of rotatable bonds is 57. The van der Waals surface area contributed by atoms with E-state index in [0.717, 1.165) is 57.8 Å². The molecular weight excluding hydrogens is 1090 g/mol. The van der Waals surface area contributed by atoms with Crippen molar-refractivity contribution in [1.82, 2.24) is 5.32 Å². The molecule has 14 nitrogen and oxygen atoms in total. The lowest BCUT2D eigenvalue weighted by Crippen LogP contribution is -2.65. The quantitative estimate of drug-likeness (QED) is 0.0204. The fraction of sp³-hybridized carbons (Fsp3) is 0.819. The topological polar surface area (TPSA) is 228 Å². The normalized spacial score (nSPS) is 23.8. The summed E-state index contributed by atoms with van der Waals surface area (Å²) in [4.78, 5) is 13.3. The third-order valence-electron chi connectivity index (χ3n) is 16.8. The van der Waals surface area contributed by atoms with Crippen LogP contribution in [-0.2, 0) is 23.7 Å². The zero-order valence-corrected chi connectivity index (χ0v) is 54.3. The maximum atomic E-state index is 13.3. The highest BCUT2D eigenvalue weighted by atomic mass is 16.7. The Kier molecular flexibility index (Phi) is 52.2. The third kappa shape index (κ3) is 40.2. The minimum absolute atomic E-state index is 0.251. The van der Waals surface area contributed by atoms with Crippen molar-refractivity contribution in [2.24, 2.45) is 0 Å². The first-order valence-corrected chi connectivity index (χ1v) is 35.2. The van der Waals surface area contributed by atoms with Crippen LogP contribution in [0.3, 0.4) is 0 Å². The maximum Gasteiger partial charge on any atom is 0.220 e. The molecule has 2 rings (SSSR count). The molecule has 0 aromatic rings. The molecule has 0 saturated carbocycles. The van der Waals surface area contributed by atoms with E-state index in [1.165, 1.54) is 193 Å². The molecule has 0 bridgehead atoms. The van der Waals surface area contributed by atoms with Gasteiger partial charge in [0, 0.05) is 6.42 Å². The number of nitrogens with one attached hydrogen (secondary N) is 1. The Bertz CT molecular complexity index is 1720. The fourth-order valence-corrected chi connectivity index (χ4v) is 11.2. The van der Waals surface area contributed by atoms with Gasteiger partial charge in [0.05, 0.1) is 32.0 Å². The van der Waals surface area contributed by atoms with Crippen LogP contribution in [0.2, 0.25) is 0 Å². The second-order valence-electron chi connectivity index (χ2n) is 24.6. The lowest BCUT2D eigenvalue weighted by molar-refractivity contribution is -0.359. The lowest BCUT2D eigenvalue weighted by atomic mass is 9.97. The molecule has 86 heavy (non-hydrogen) atoms. The molecule has 12 unspecified atom stereocenters. The molecule has 1 amide bonds. The Morgan fingerprint density at radius 2 is 0.779 bits per heavy atom. The molecule has 2 aliphatic rings. The standard InChI is InChI=1S/C72H129NO13/c1-3-5-7-9-11-13-15-17-19-21-22-23-24-25-26-27-28-29-30-31-32-33-34-35-36-37-38-40-42-44-46-48-50-52-54-56-64(77)73-60(61(76)55-53-51-49-47-45-43-41-39-20-18-16-14-12-10-8-6-4-2)59-83-71-69(82)67(80)70(63(58-75)85-71)86-72-68(81)66(79)65(78)62(57-74)84-72/h15,17,20-22,24-25,39,45,47,53,55,60-63,65-72,74-76,78-82H,3-14,16,18-19,23,26-38,40-44,46,48-52,54,56-59H2,1-2H3,(H,73,77)/b17-15-,22-21-,25-24-,39-20+,47-45+,55-53+. The number of carbonyl (C=O) groups excluding carboxylic acids is 1. The van der Waals surface area contributed by atoms with Gasteiger partial charge in [-0.2, -0.15) is 0 Å². The average molecular weight is 1220 g/mol. The van der Waals surface area contributed by atoms with Crippen molar-refractivity contribution in [2.45, 2.75) is 357 Å². The number of unbranched alkanes of at least 4 members (excludes halogenated alkanes) is 34. The van der Waals surface area contributed by atoms with Crippen LogP contribution in [0.1, 0.15) is 284 Å². The zero-order valence-electron chi connectivity index (χ0n) is 54.3. The van der Waals surface area contributed by atoms with Gasteiger partial charge in [-0.1, -0.05) is 267 Å². The monoisotopic (exact) mass is 1220 g/mol. The van der Waals surface area contributed by atoms with E-state index >= 15 is 0 Å². The van der Waals surface area contributed by atoms with E-state index in [9.17, 15) is 45.6 Å². The van der Waals surface area contributed by atoms with Crippen molar-refractivity contribution in [1.29, 1.82) is 0 Å². The van der Waals surface area contributed by atoms with Gasteiger partial charge in [0.2, 0.25) is 5.91 Å². The van der Waals surface area contributed by atoms with Crippen molar-refractivity contribution in [3.63, 3.8) is 0 Å². The van der Waals surface area contributed by atoms with Crippen LogP contribution in [0.25, 0.3) is 0 Å². The predicted octanol–water partition coefficient (Wildman–Crippen LogP) is 14.2. The summed E-state index contributed by atoms with van der Waals surface area (Å²) in [5.74, 6) is -0.251. The number of hydrogen-bond acceptors (Lipinski definition) is 13. The first kappa shape index (κ1) is 79.5. The van der Waals surface area contributed by atoms with Gasteiger partial charge >= 0.3 is 0 Å². The number of amides is 1. The van der Waals surface area contributed by atoms with Crippen molar-refractivity contribution >= 4 is 5.91 Å². The maximum absolute atomic E-state index is 13.3. The predicted molar refractivity (Wildman–Crippen MR) is 350 cm³/mol. The largest absolute Gasteiger partial charge is 0.394 e. The Balaban J connectivity index is 1.63. The molecule has 0 aromatic carbocycles. The van der Waals surface area contributed by atoms with E-state index in [4.69, 9.17) is 18.9 Å². The number of carbonyl (C=O) groups is 1. The number of aliphatic hydroxyl groups excluding tert-OH is 8. The minimum atomic E-state index is -1.79. The summed E-state index contributed by atoms with van der Waals surface area (Å²) in [5, 5.41) is 87.3. The van der Waals surface area contributed by atoms with Crippen molar-refractivity contribution in [3.05, 3.63) is 72.9 Å². The summed E-state index contributed by atoms with van der Waals surface area (Å²) in [5.41, 5.74) is 0. The Morgan fingerprint density at radius 3 is 1.22 bits per heavy atom. The van der Waals surface area contributed by atoms with Gasteiger partial charge in [0.25, 0.3) is 0 Å². The van der Waals surface area contributed by atoms with Gasteiger partial charge in [0.1, 0.15) is 48.8 Å². The average Bonchev–Trinajstić information content (AvgIpc) is 2.46. The number of allylic oxidation sites excluding steroid dienone is 11. The third-order valence-corrected chi connectivity index (χ3v) is 16.8. The zero-order chi connectivity index (χ0) is 62.3. The molecule has 9 N–H and O–H groups in total. The minimum Gasteiger partial charge on any atom is -0.394 e.